The summed E-state index contributed by atoms with van der Waals surface area (Å²) < 4.78 is 21.2. The third-order valence-corrected chi connectivity index (χ3v) is 6.75. The van der Waals surface area contributed by atoms with Gasteiger partial charge in [0.25, 0.3) is 0 Å². The van der Waals surface area contributed by atoms with Crippen LogP contribution in [0.2, 0.25) is 0 Å². The van der Waals surface area contributed by atoms with E-state index in [4.69, 9.17) is 18.9 Å². The van der Waals surface area contributed by atoms with Crippen molar-refractivity contribution < 1.29 is 33.6 Å². The summed E-state index contributed by atoms with van der Waals surface area (Å²) in [4.78, 5) is 29.6. The van der Waals surface area contributed by atoms with Crippen molar-refractivity contribution in [2.45, 2.75) is 32.2 Å². The van der Waals surface area contributed by atoms with Crippen LogP contribution in [0.5, 0.6) is 5.75 Å². The second kappa shape index (κ2) is 14.1. The van der Waals surface area contributed by atoms with Crippen molar-refractivity contribution in [2.24, 2.45) is 0 Å². The van der Waals surface area contributed by atoms with Gasteiger partial charge >= 0.3 is 12.1 Å². The van der Waals surface area contributed by atoms with E-state index in [1.807, 2.05) is 42.5 Å². The Labute approximate surface area is 223 Å². The highest BCUT2D eigenvalue weighted by molar-refractivity contribution is 5.81. The zero-order valence-electron chi connectivity index (χ0n) is 21.9. The van der Waals surface area contributed by atoms with E-state index in [0.29, 0.717) is 39.5 Å². The fourth-order valence-electron chi connectivity index (χ4n) is 4.67. The number of ether oxygens (including phenoxy) is 4. The molecular formula is C28H37N3O7. The van der Waals surface area contributed by atoms with Crippen LogP contribution in [0.4, 0.5) is 4.79 Å². The summed E-state index contributed by atoms with van der Waals surface area (Å²) in [6.45, 7) is 6.95. The van der Waals surface area contributed by atoms with E-state index in [-0.39, 0.29) is 18.8 Å². The van der Waals surface area contributed by atoms with E-state index in [1.165, 1.54) is 7.11 Å². The molecule has 10 nitrogen and oxygen atoms in total. The minimum absolute atomic E-state index is 0.0904. The molecular weight excluding hydrogens is 490 g/mol. The van der Waals surface area contributed by atoms with Gasteiger partial charge in [0.1, 0.15) is 18.4 Å². The van der Waals surface area contributed by atoms with Gasteiger partial charge in [-0.3, -0.25) is 9.80 Å². The van der Waals surface area contributed by atoms with Crippen LogP contribution < -0.4 is 5.32 Å². The number of morpholine rings is 2. The highest BCUT2D eigenvalue weighted by Crippen LogP contribution is 2.29. The quantitative estimate of drug-likeness (QED) is 0.449. The number of alkyl carbamates (subject to hydrolysis) is 1. The number of amides is 1. The first-order valence-electron chi connectivity index (χ1n) is 13.0. The van der Waals surface area contributed by atoms with Gasteiger partial charge in [0.2, 0.25) is 0 Å². The Balaban J connectivity index is 1.51. The fraction of sp³-hybridized carbons (Fsp3) is 0.500. The summed E-state index contributed by atoms with van der Waals surface area (Å²) in [5, 5.41) is 13.8. The Kier molecular flexibility index (Phi) is 10.3. The number of rotatable bonds is 10. The highest BCUT2D eigenvalue weighted by Gasteiger charge is 2.25. The van der Waals surface area contributed by atoms with Crippen molar-refractivity contribution in [3.05, 3.63) is 64.7 Å². The number of carbonyl (C=O) groups is 2. The number of hydrogen-bond acceptors (Lipinski definition) is 9. The van der Waals surface area contributed by atoms with Gasteiger partial charge in [-0.2, -0.15) is 0 Å². The maximum absolute atomic E-state index is 12.6. The van der Waals surface area contributed by atoms with Gasteiger partial charge in [-0.25, -0.2) is 9.59 Å². The Bertz CT molecular complexity index is 1010. The van der Waals surface area contributed by atoms with Crippen molar-refractivity contribution in [1.29, 1.82) is 0 Å². The van der Waals surface area contributed by atoms with Crippen molar-refractivity contribution >= 4 is 12.1 Å². The fourth-order valence-corrected chi connectivity index (χ4v) is 4.67. The van der Waals surface area contributed by atoms with Gasteiger partial charge in [-0.05, 0) is 11.1 Å². The van der Waals surface area contributed by atoms with Crippen LogP contribution in [0, 0.1) is 0 Å². The Hall–Kier alpha value is -3.18. The number of hydrogen-bond donors (Lipinski definition) is 2. The van der Waals surface area contributed by atoms with Crippen LogP contribution in [-0.2, 0) is 49.9 Å². The number of benzene rings is 2. The first kappa shape index (κ1) is 27.8. The highest BCUT2D eigenvalue weighted by atomic mass is 16.6. The summed E-state index contributed by atoms with van der Waals surface area (Å²) in [6, 6.07) is 12.2. The number of nitrogens with one attached hydrogen (secondary N) is 1. The van der Waals surface area contributed by atoms with Gasteiger partial charge in [0, 0.05) is 56.8 Å². The predicted octanol–water partition coefficient (Wildman–Crippen LogP) is 2.07. The number of aromatic hydroxyl groups is 1. The normalized spacial score (nSPS) is 17.5. The second-order valence-corrected chi connectivity index (χ2v) is 9.53. The van der Waals surface area contributed by atoms with Crippen molar-refractivity contribution in [1.82, 2.24) is 15.1 Å². The first-order chi connectivity index (χ1) is 18.5. The number of esters is 1. The molecule has 1 amide bonds. The van der Waals surface area contributed by atoms with Crippen LogP contribution in [0.3, 0.4) is 0 Å². The number of methoxy groups -OCH3 is 1. The van der Waals surface area contributed by atoms with Crippen LogP contribution >= 0.6 is 0 Å². The van der Waals surface area contributed by atoms with Crippen molar-refractivity contribution in [3.8, 4) is 5.75 Å². The lowest BCUT2D eigenvalue weighted by Gasteiger charge is -2.29. The summed E-state index contributed by atoms with van der Waals surface area (Å²) in [5.74, 6) is -0.309. The average Bonchev–Trinajstić information content (AvgIpc) is 2.95. The van der Waals surface area contributed by atoms with E-state index >= 15 is 0 Å². The number of nitrogens with zero attached hydrogens (tertiary/aromatic N) is 2. The Morgan fingerprint density at radius 1 is 0.921 bits per heavy atom. The molecule has 2 N–H and O–H groups in total. The molecule has 2 aromatic rings. The third kappa shape index (κ3) is 8.16. The van der Waals surface area contributed by atoms with E-state index < -0.39 is 18.1 Å². The minimum Gasteiger partial charge on any atom is -0.507 e. The molecule has 0 aromatic heterocycles. The molecule has 2 aliphatic heterocycles. The number of carbonyl (C=O) groups excluding carboxylic acids is 2. The largest absolute Gasteiger partial charge is 0.507 e. The molecule has 0 spiro atoms. The lowest BCUT2D eigenvalue weighted by atomic mass is 9.98. The molecule has 1 atom stereocenters. The van der Waals surface area contributed by atoms with Gasteiger partial charge in [0.05, 0.1) is 33.5 Å². The second-order valence-electron chi connectivity index (χ2n) is 9.53. The molecule has 2 saturated heterocycles. The van der Waals surface area contributed by atoms with Crippen LogP contribution in [-0.4, -0.2) is 92.7 Å². The smallest absolute Gasteiger partial charge is 0.408 e. The molecule has 0 unspecified atom stereocenters. The van der Waals surface area contributed by atoms with Crippen LogP contribution in [0.15, 0.2) is 42.5 Å². The van der Waals surface area contributed by atoms with Crippen molar-refractivity contribution in [2.75, 3.05) is 59.7 Å². The van der Waals surface area contributed by atoms with Gasteiger partial charge in [0.15, 0.2) is 0 Å². The maximum Gasteiger partial charge on any atom is 0.408 e. The van der Waals surface area contributed by atoms with E-state index in [2.05, 4.69) is 15.1 Å². The van der Waals surface area contributed by atoms with E-state index in [0.717, 1.165) is 48.4 Å². The zero-order chi connectivity index (χ0) is 26.7. The maximum atomic E-state index is 12.6. The average molecular weight is 528 g/mol. The first-order valence-corrected chi connectivity index (χ1v) is 13.0. The minimum atomic E-state index is -0.944. The molecule has 4 rings (SSSR count). The standard InChI is InChI=1S/C28H37N3O7/c1-35-27(33)25(29-28(34)38-20-21-5-3-2-4-6-21)17-22-15-23(18-30-7-11-36-12-8-30)26(32)24(16-22)19-31-9-13-37-14-10-31/h2-6,15-16,25,32H,7-14,17-20H2,1H3,(H,29,34)/t25-/m0/s1. The SMILES string of the molecule is COC(=O)[C@H](Cc1cc(CN2CCOCC2)c(O)c(CN2CCOCC2)c1)NC(=O)OCc1ccccc1. The molecule has 2 fully saturated rings. The third-order valence-electron chi connectivity index (χ3n) is 6.75. The zero-order valence-corrected chi connectivity index (χ0v) is 21.9. The molecule has 0 radical (unpaired) electrons. The lowest BCUT2D eigenvalue weighted by molar-refractivity contribution is -0.143. The van der Waals surface area contributed by atoms with Gasteiger partial charge in [-0.1, -0.05) is 42.5 Å². The van der Waals surface area contributed by atoms with Gasteiger partial charge < -0.3 is 29.4 Å². The topological polar surface area (TPSA) is 110 Å². The molecule has 206 valence electrons. The molecule has 0 bridgehead atoms. The van der Waals surface area contributed by atoms with E-state index in [9.17, 15) is 14.7 Å². The molecule has 10 heteroatoms. The number of phenols is 1. The van der Waals surface area contributed by atoms with Crippen LogP contribution in [0.25, 0.3) is 0 Å². The molecule has 0 aliphatic carbocycles. The Morgan fingerprint density at radius 3 is 2.00 bits per heavy atom. The molecule has 2 aliphatic rings. The van der Waals surface area contributed by atoms with Crippen LogP contribution in [0.1, 0.15) is 22.3 Å². The van der Waals surface area contributed by atoms with E-state index in [1.54, 1.807) is 0 Å². The molecule has 0 saturated carbocycles. The lowest BCUT2D eigenvalue weighted by Crippen LogP contribution is -2.43. The summed E-state index contributed by atoms with van der Waals surface area (Å²) in [7, 11) is 1.29. The molecule has 2 aromatic carbocycles. The summed E-state index contributed by atoms with van der Waals surface area (Å²) in [6.07, 6.45) is -0.510. The monoisotopic (exact) mass is 527 g/mol. The molecule has 38 heavy (non-hydrogen) atoms. The van der Waals surface area contributed by atoms with Crippen molar-refractivity contribution in [3.63, 3.8) is 0 Å². The summed E-state index contributed by atoms with van der Waals surface area (Å²) in [5.41, 5.74) is 3.22. The Morgan fingerprint density at radius 2 is 1.47 bits per heavy atom. The number of phenolic OH excluding ortho intramolecular Hbond substituents is 1. The summed E-state index contributed by atoms with van der Waals surface area (Å²) >= 11 is 0. The van der Waals surface area contributed by atoms with Gasteiger partial charge in [-0.15, -0.1) is 0 Å². The molecule has 2 heterocycles. The predicted molar refractivity (Wildman–Crippen MR) is 140 cm³/mol.